The first kappa shape index (κ1) is 18.8. The molecular weight excluding hydrogens is 346 g/mol. The molecule has 6 heteroatoms. The summed E-state index contributed by atoms with van der Waals surface area (Å²) in [5.74, 6) is 1.28. The lowest BCUT2D eigenvalue weighted by molar-refractivity contribution is -0.119. The number of imidazole rings is 1. The highest BCUT2D eigenvalue weighted by Gasteiger charge is 2.15. The molecule has 140 valence electrons. The van der Waals surface area contributed by atoms with E-state index < -0.39 is 0 Å². The van der Waals surface area contributed by atoms with Gasteiger partial charge in [0.05, 0.1) is 18.6 Å². The Morgan fingerprint density at radius 3 is 2.81 bits per heavy atom. The zero-order valence-corrected chi connectivity index (χ0v) is 16.1. The van der Waals surface area contributed by atoms with Crippen molar-refractivity contribution in [1.29, 1.82) is 0 Å². The standard InChI is InChI=1S/C20H27N3O2S/c1-25-18-11-7-10-17(14-18)23-13-12-21-20(23)26-15-19(24)22-16-8-5-3-2-4-6-9-16/h7,10-14,16H,2-6,8-9,15H2,1H3,(H,22,24). The number of nitrogens with zero attached hydrogens (tertiary/aromatic N) is 2. The van der Waals surface area contributed by atoms with Gasteiger partial charge in [0.1, 0.15) is 5.75 Å². The van der Waals surface area contributed by atoms with Crippen LogP contribution in [0.25, 0.3) is 5.69 Å². The van der Waals surface area contributed by atoms with Gasteiger partial charge in [0.15, 0.2) is 5.16 Å². The average Bonchev–Trinajstić information content (AvgIpc) is 3.11. The van der Waals surface area contributed by atoms with E-state index in [4.69, 9.17) is 4.74 Å². The Morgan fingerprint density at radius 2 is 2.04 bits per heavy atom. The summed E-state index contributed by atoms with van der Waals surface area (Å²) in [4.78, 5) is 16.8. The lowest BCUT2D eigenvalue weighted by atomic mass is 9.97. The van der Waals surface area contributed by atoms with Gasteiger partial charge in [-0.3, -0.25) is 9.36 Å². The summed E-state index contributed by atoms with van der Waals surface area (Å²) in [7, 11) is 1.66. The van der Waals surface area contributed by atoms with Crippen LogP contribution in [-0.4, -0.2) is 34.4 Å². The monoisotopic (exact) mass is 373 g/mol. The number of carbonyl (C=O) groups is 1. The number of thioether (sulfide) groups is 1. The van der Waals surface area contributed by atoms with Crippen LogP contribution in [0.2, 0.25) is 0 Å². The fraction of sp³-hybridized carbons (Fsp3) is 0.500. The van der Waals surface area contributed by atoms with Crippen LogP contribution in [0.5, 0.6) is 5.75 Å². The summed E-state index contributed by atoms with van der Waals surface area (Å²) in [5, 5.41) is 4.02. The second kappa shape index (κ2) is 9.67. The molecular formula is C20H27N3O2S. The smallest absolute Gasteiger partial charge is 0.230 e. The second-order valence-corrected chi connectivity index (χ2v) is 7.62. The van der Waals surface area contributed by atoms with E-state index in [9.17, 15) is 4.79 Å². The molecule has 0 atom stereocenters. The van der Waals surface area contributed by atoms with Gasteiger partial charge in [0, 0.05) is 24.5 Å². The van der Waals surface area contributed by atoms with Crippen molar-refractivity contribution >= 4 is 17.7 Å². The average molecular weight is 374 g/mol. The highest BCUT2D eigenvalue weighted by Crippen LogP contribution is 2.23. The molecule has 1 aliphatic rings. The number of nitrogens with one attached hydrogen (secondary N) is 1. The van der Waals surface area contributed by atoms with Crippen molar-refractivity contribution in [2.75, 3.05) is 12.9 Å². The molecule has 1 aromatic heterocycles. The predicted octanol–water partition coefficient (Wildman–Crippen LogP) is 4.20. The molecule has 1 aliphatic carbocycles. The van der Waals surface area contributed by atoms with Crippen molar-refractivity contribution in [2.24, 2.45) is 0 Å². The third kappa shape index (κ3) is 5.27. The number of methoxy groups -OCH3 is 1. The van der Waals surface area contributed by atoms with Gasteiger partial charge in [-0.25, -0.2) is 4.98 Å². The number of ether oxygens (including phenoxy) is 1. The van der Waals surface area contributed by atoms with Crippen molar-refractivity contribution < 1.29 is 9.53 Å². The molecule has 1 fully saturated rings. The molecule has 3 rings (SSSR count). The molecule has 1 amide bonds. The maximum atomic E-state index is 12.4. The third-order valence-corrected chi connectivity index (χ3v) is 5.71. The molecule has 1 aromatic carbocycles. The van der Waals surface area contributed by atoms with E-state index in [0.717, 1.165) is 29.4 Å². The number of carbonyl (C=O) groups excluding carboxylic acids is 1. The van der Waals surface area contributed by atoms with Crippen LogP contribution in [0.4, 0.5) is 0 Å². The molecule has 0 spiro atoms. The van der Waals surface area contributed by atoms with Crippen LogP contribution in [-0.2, 0) is 4.79 Å². The summed E-state index contributed by atoms with van der Waals surface area (Å²) in [5.41, 5.74) is 0.977. The molecule has 26 heavy (non-hydrogen) atoms. The van der Waals surface area contributed by atoms with E-state index >= 15 is 0 Å². The van der Waals surface area contributed by atoms with E-state index in [0.29, 0.717) is 11.8 Å². The number of hydrogen-bond acceptors (Lipinski definition) is 4. The van der Waals surface area contributed by atoms with E-state index in [1.165, 1.54) is 43.9 Å². The van der Waals surface area contributed by atoms with E-state index in [1.807, 2.05) is 35.0 Å². The van der Waals surface area contributed by atoms with Crippen molar-refractivity contribution in [2.45, 2.75) is 56.1 Å². The summed E-state index contributed by atoms with van der Waals surface area (Å²) in [6.45, 7) is 0. The lowest BCUT2D eigenvalue weighted by Gasteiger charge is -2.20. The topological polar surface area (TPSA) is 56.2 Å². The summed E-state index contributed by atoms with van der Waals surface area (Å²) >= 11 is 1.47. The fourth-order valence-corrected chi connectivity index (χ4v) is 4.14. The molecule has 2 aromatic rings. The zero-order valence-electron chi connectivity index (χ0n) is 15.3. The van der Waals surface area contributed by atoms with Gasteiger partial charge < -0.3 is 10.1 Å². The normalized spacial score (nSPS) is 15.9. The number of hydrogen-bond donors (Lipinski definition) is 1. The number of aromatic nitrogens is 2. The number of rotatable bonds is 6. The van der Waals surface area contributed by atoms with Crippen LogP contribution in [0.15, 0.2) is 41.8 Å². The Hall–Kier alpha value is -1.95. The van der Waals surface area contributed by atoms with Crippen molar-refractivity contribution in [3.05, 3.63) is 36.7 Å². The molecule has 5 nitrogen and oxygen atoms in total. The van der Waals surface area contributed by atoms with Gasteiger partial charge in [0.2, 0.25) is 5.91 Å². The maximum Gasteiger partial charge on any atom is 0.230 e. The fourth-order valence-electron chi connectivity index (χ4n) is 3.35. The van der Waals surface area contributed by atoms with E-state index in [-0.39, 0.29) is 5.91 Å². The van der Waals surface area contributed by atoms with Gasteiger partial charge in [-0.15, -0.1) is 0 Å². The van der Waals surface area contributed by atoms with E-state index in [1.54, 1.807) is 13.3 Å². The first-order valence-electron chi connectivity index (χ1n) is 9.36. The minimum atomic E-state index is 0.0979. The maximum absolute atomic E-state index is 12.4. The van der Waals surface area contributed by atoms with E-state index in [2.05, 4.69) is 10.3 Å². The van der Waals surface area contributed by atoms with Crippen molar-refractivity contribution in [1.82, 2.24) is 14.9 Å². The number of amides is 1. The Bertz CT molecular complexity index is 709. The molecule has 1 N–H and O–H groups in total. The second-order valence-electron chi connectivity index (χ2n) is 6.68. The first-order chi connectivity index (χ1) is 12.8. The first-order valence-corrected chi connectivity index (χ1v) is 10.3. The SMILES string of the molecule is COc1cccc(-n2ccnc2SCC(=O)NC2CCCCCCC2)c1. The summed E-state index contributed by atoms with van der Waals surface area (Å²) in [6.07, 6.45) is 12.2. The summed E-state index contributed by atoms with van der Waals surface area (Å²) < 4.78 is 7.27. The van der Waals surface area contributed by atoms with Crippen molar-refractivity contribution in [3.63, 3.8) is 0 Å². The zero-order chi connectivity index (χ0) is 18.2. The number of benzene rings is 1. The van der Waals surface area contributed by atoms with Crippen LogP contribution in [0.1, 0.15) is 44.9 Å². The lowest BCUT2D eigenvalue weighted by Crippen LogP contribution is -2.36. The third-order valence-electron chi connectivity index (χ3n) is 4.74. The van der Waals surface area contributed by atoms with Crippen molar-refractivity contribution in [3.8, 4) is 11.4 Å². The van der Waals surface area contributed by atoms with Gasteiger partial charge in [0.25, 0.3) is 0 Å². The Labute approximate surface area is 159 Å². The van der Waals surface area contributed by atoms with Crippen LogP contribution in [0, 0.1) is 0 Å². The quantitative estimate of drug-likeness (QED) is 0.771. The Morgan fingerprint density at radius 1 is 1.27 bits per heavy atom. The molecule has 0 unspecified atom stereocenters. The van der Waals surface area contributed by atoms with Crippen LogP contribution >= 0.6 is 11.8 Å². The minimum Gasteiger partial charge on any atom is -0.497 e. The molecule has 1 saturated carbocycles. The Kier molecular flexibility index (Phi) is 7.00. The highest BCUT2D eigenvalue weighted by molar-refractivity contribution is 7.99. The van der Waals surface area contributed by atoms with Crippen LogP contribution < -0.4 is 10.1 Å². The predicted molar refractivity (Wildman–Crippen MR) is 105 cm³/mol. The minimum absolute atomic E-state index is 0.0979. The molecule has 0 radical (unpaired) electrons. The Balaban J connectivity index is 1.56. The van der Waals surface area contributed by atoms with Gasteiger partial charge in [-0.05, 0) is 25.0 Å². The highest BCUT2D eigenvalue weighted by atomic mass is 32.2. The van der Waals surface area contributed by atoms with Gasteiger partial charge in [-0.2, -0.15) is 0 Å². The molecule has 1 heterocycles. The summed E-state index contributed by atoms with van der Waals surface area (Å²) in [6, 6.07) is 8.16. The molecule has 0 bridgehead atoms. The van der Waals surface area contributed by atoms with Crippen LogP contribution in [0.3, 0.4) is 0 Å². The van der Waals surface area contributed by atoms with Gasteiger partial charge >= 0.3 is 0 Å². The molecule has 0 aliphatic heterocycles. The largest absolute Gasteiger partial charge is 0.497 e. The molecule has 0 saturated heterocycles. The van der Waals surface area contributed by atoms with Gasteiger partial charge in [-0.1, -0.05) is 49.9 Å².